The molecule has 86 valence electrons. The molecule has 0 amide bonds. The van der Waals surface area contributed by atoms with E-state index in [1.165, 1.54) is 0 Å². The number of aryl methyl sites for hydroxylation is 1. The van der Waals surface area contributed by atoms with Crippen molar-refractivity contribution < 1.29 is 0 Å². The number of halogens is 1. The maximum atomic E-state index is 6.01. The average molecular weight is 246 g/mol. The zero-order chi connectivity index (χ0) is 12.1. The molecule has 1 aromatic heterocycles. The first-order valence-corrected chi connectivity index (χ1v) is 5.59. The van der Waals surface area contributed by atoms with E-state index in [1.807, 2.05) is 37.3 Å². The van der Waals surface area contributed by atoms with Gasteiger partial charge >= 0.3 is 0 Å². The fourth-order valence-corrected chi connectivity index (χ4v) is 1.47. The minimum absolute atomic E-state index is 0.731. The Morgan fingerprint density at radius 3 is 2.71 bits per heavy atom. The molecular weight excluding hydrogens is 234 g/mol. The summed E-state index contributed by atoms with van der Waals surface area (Å²) in [6.45, 7) is 1.96. The summed E-state index contributed by atoms with van der Waals surface area (Å²) >= 11 is 6.01. The van der Waals surface area contributed by atoms with Crippen molar-refractivity contribution in [3.05, 3.63) is 58.9 Å². The quantitative estimate of drug-likeness (QED) is 0.664. The normalized spacial score (nSPS) is 10.7. The topological polar surface area (TPSA) is 37.3 Å². The number of hydrazone groups is 1. The molecular formula is C13H12ClN3. The van der Waals surface area contributed by atoms with Gasteiger partial charge in [0.15, 0.2) is 0 Å². The summed E-state index contributed by atoms with van der Waals surface area (Å²) in [5, 5.41) is 4.85. The molecule has 0 spiro atoms. The standard InChI is InChI=1S/C13H12ClN3/c1-10-2-3-12(8-13(10)14)17-16-9-11-4-6-15-7-5-11/h2-9,17H,1H3/b16-9+. The molecule has 0 bridgehead atoms. The van der Waals surface area contributed by atoms with Crippen LogP contribution in [0.2, 0.25) is 5.02 Å². The number of nitrogens with zero attached hydrogens (tertiary/aromatic N) is 2. The summed E-state index contributed by atoms with van der Waals surface area (Å²) in [5.41, 5.74) is 5.83. The van der Waals surface area contributed by atoms with Crippen molar-refractivity contribution in [3.8, 4) is 0 Å². The van der Waals surface area contributed by atoms with Gasteiger partial charge in [-0.3, -0.25) is 10.4 Å². The van der Waals surface area contributed by atoms with Gasteiger partial charge in [-0.1, -0.05) is 17.7 Å². The van der Waals surface area contributed by atoms with Gasteiger partial charge in [0, 0.05) is 17.4 Å². The number of anilines is 1. The number of pyridine rings is 1. The highest BCUT2D eigenvalue weighted by molar-refractivity contribution is 6.31. The van der Waals surface area contributed by atoms with Crippen LogP contribution in [0.15, 0.2) is 47.8 Å². The van der Waals surface area contributed by atoms with Gasteiger partial charge < -0.3 is 0 Å². The van der Waals surface area contributed by atoms with Crippen LogP contribution < -0.4 is 5.43 Å². The smallest absolute Gasteiger partial charge is 0.0576 e. The van der Waals surface area contributed by atoms with Crippen molar-refractivity contribution in [1.29, 1.82) is 0 Å². The van der Waals surface area contributed by atoms with Crippen molar-refractivity contribution in [3.63, 3.8) is 0 Å². The van der Waals surface area contributed by atoms with E-state index in [-0.39, 0.29) is 0 Å². The van der Waals surface area contributed by atoms with Crippen LogP contribution in [0, 0.1) is 6.92 Å². The lowest BCUT2D eigenvalue weighted by atomic mass is 10.2. The van der Waals surface area contributed by atoms with E-state index in [9.17, 15) is 0 Å². The third kappa shape index (κ3) is 3.29. The van der Waals surface area contributed by atoms with Crippen LogP contribution in [-0.4, -0.2) is 11.2 Å². The molecule has 17 heavy (non-hydrogen) atoms. The fraction of sp³-hybridized carbons (Fsp3) is 0.0769. The number of aromatic nitrogens is 1. The summed E-state index contributed by atoms with van der Waals surface area (Å²) in [5.74, 6) is 0. The molecule has 4 heteroatoms. The van der Waals surface area contributed by atoms with Gasteiger partial charge in [0.2, 0.25) is 0 Å². The molecule has 0 atom stereocenters. The van der Waals surface area contributed by atoms with Crippen LogP contribution in [0.5, 0.6) is 0 Å². The Morgan fingerprint density at radius 2 is 2.00 bits per heavy atom. The third-order valence-corrected chi connectivity index (χ3v) is 2.69. The average Bonchev–Trinajstić information content (AvgIpc) is 2.35. The molecule has 0 saturated heterocycles. The van der Waals surface area contributed by atoms with Gasteiger partial charge in [-0.05, 0) is 42.3 Å². The highest BCUT2D eigenvalue weighted by Crippen LogP contribution is 2.19. The first-order chi connectivity index (χ1) is 8.25. The van der Waals surface area contributed by atoms with Crippen LogP contribution in [0.25, 0.3) is 0 Å². The van der Waals surface area contributed by atoms with Gasteiger partial charge in [-0.15, -0.1) is 0 Å². The van der Waals surface area contributed by atoms with E-state index in [2.05, 4.69) is 15.5 Å². The third-order valence-electron chi connectivity index (χ3n) is 2.29. The molecule has 0 radical (unpaired) electrons. The Morgan fingerprint density at radius 1 is 1.24 bits per heavy atom. The van der Waals surface area contributed by atoms with Crippen LogP contribution in [-0.2, 0) is 0 Å². The number of benzene rings is 1. The summed E-state index contributed by atoms with van der Waals surface area (Å²) in [6, 6.07) is 9.50. The van der Waals surface area contributed by atoms with Gasteiger partial charge in [0.25, 0.3) is 0 Å². The largest absolute Gasteiger partial charge is 0.278 e. The molecule has 0 unspecified atom stereocenters. The Labute approximate surface area is 105 Å². The first kappa shape index (κ1) is 11.6. The number of hydrogen-bond donors (Lipinski definition) is 1. The van der Waals surface area contributed by atoms with Gasteiger partial charge in [-0.25, -0.2) is 0 Å². The number of hydrogen-bond acceptors (Lipinski definition) is 3. The van der Waals surface area contributed by atoms with E-state index < -0.39 is 0 Å². The predicted molar refractivity (Wildman–Crippen MR) is 71.6 cm³/mol. The summed E-state index contributed by atoms with van der Waals surface area (Å²) in [6.07, 6.45) is 5.18. The van der Waals surface area contributed by atoms with Gasteiger partial charge in [0.1, 0.15) is 0 Å². The SMILES string of the molecule is Cc1ccc(N/N=C/c2ccncc2)cc1Cl. The van der Waals surface area contributed by atoms with Crippen LogP contribution in [0.3, 0.4) is 0 Å². The minimum atomic E-state index is 0.731. The van der Waals surface area contributed by atoms with Gasteiger partial charge in [0.05, 0.1) is 11.9 Å². The van der Waals surface area contributed by atoms with Crippen LogP contribution >= 0.6 is 11.6 Å². The Kier molecular flexibility index (Phi) is 3.73. The molecule has 2 rings (SSSR count). The monoisotopic (exact) mass is 245 g/mol. The molecule has 0 aliphatic rings. The zero-order valence-electron chi connectivity index (χ0n) is 9.39. The second kappa shape index (κ2) is 5.46. The molecule has 0 fully saturated rings. The van der Waals surface area contributed by atoms with Crippen molar-refractivity contribution in [2.45, 2.75) is 6.92 Å². The van der Waals surface area contributed by atoms with Gasteiger partial charge in [-0.2, -0.15) is 5.10 Å². The Hall–Kier alpha value is -1.87. The van der Waals surface area contributed by atoms with Crippen molar-refractivity contribution in [2.75, 3.05) is 5.43 Å². The van der Waals surface area contributed by atoms with E-state index >= 15 is 0 Å². The van der Waals surface area contributed by atoms with Crippen LogP contribution in [0.1, 0.15) is 11.1 Å². The molecule has 1 heterocycles. The summed E-state index contributed by atoms with van der Waals surface area (Å²) in [7, 11) is 0. The highest BCUT2D eigenvalue weighted by Gasteiger charge is 1.95. The lowest BCUT2D eigenvalue weighted by Gasteiger charge is -2.02. The van der Waals surface area contributed by atoms with E-state index in [1.54, 1.807) is 18.6 Å². The highest BCUT2D eigenvalue weighted by atomic mass is 35.5. The van der Waals surface area contributed by atoms with Crippen molar-refractivity contribution >= 4 is 23.5 Å². The van der Waals surface area contributed by atoms with E-state index in [0.29, 0.717) is 0 Å². The summed E-state index contributed by atoms with van der Waals surface area (Å²) in [4.78, 5) is 3.93. The molecule has 0 aliphatic carbocycles. The zero-order valence-corrected chi connectivity index (χ0v) is 10.1. The molecule has 3 nitrogen and oxygen atoms in total. The lowest BCUT2D eigenvalue weighted by molar-refractivity contribution is 1.31. The maximum absolute atomic E-state index is 6.01. The number of rotatable bonds is 3. The second-order valence-corrected chi connectivity index (χ2v) is 4.02. The maximum Gasteiger partial charge on any atom is 0.0576 e. The number of nitrogens with one attached hydrogen (secondary N) is 1. The first-order valence-electron chi connectivity index (χ1n) is 5.21. The van der Waals surface area contributed by atoms with Crippen molar-refractivity contribution in [1.82, 2.24) is 4.98 Å². The summed E-state index contributed by atoms with van der Waals surface area (Å²) < 4.78 is 0. The van der Waals surface area contributed by atoms with Crippen molar-refractivity contribution in [2.24, 2.45) is 5.10 Å². The lowest BCUT2D eigenvalue weighted by Crippen LogP contribution is -1.91. The predicted octanol–water partition coefficient (Wildman–Crippen LogP) is 3.49. The molecule has 1 N–H and O–H groups in total. The minimum Gasteiger partial charge on any atom is -0.278 e. The molecule has 0 saturated carbocycles. The second-order valence-electron chi connectivity index (χ2n) is 3.61. The molecule has 1 aromatic carbocycles. The Balaban J connectivity index is 2.03. The molecule has 0 aliphatic heterocycles. The van der Waals surface area contributed by atoms with E-state index in [0.717, 1.165) is 21.8 Å². The molecule has 2 aromatic rings. The van der Waals surface area contributed by atoms with E-state index in [4.69, 9.17) is 11.6 Å². The fourth-order valence-electron chi connectivity index (χ4n) is 1.29. The Bertz CT molecular complexity index is 523. The van der Waals surface area contributed by atoms with Crippen LogP contribution in [0.4, 0.5) is 5.69 Å².